The largest absolute Gasteiger partial charge is 0.384 e. The average molecular weight is 382 g/mol. The molecule has 0 aliphatic heterocycles. The fourth-order valence-corrected chi connectivity index (χ4v) is 3.30. The molecular weight excluding hydrogens is 338 g/mol. The van der Waals surface area contributed by atoms with E-state index in [1.54, 1.807) is 7.11 Å². The summed E-state index contributed by atoms with van der Waals surface area (Å²) in [6, 6.07) is 0. The van der Waals surface area contributed by atoms with Crippen LogP contribution in [-0.4, -0.2) is 50.1 Å². The van der Waals surface area contributed by atoms with Gasteiger partial charge in [-0.25, -0.2) is 4.98 Å². The fraction of sp³-hybridized carbons (Fsp3) is 0.864. The third-order valence-electron chi connectivity index (χ3n) is 5.91. The van der Waals surface area contributed by atoms with Crippen LogP contribution in [0.1, 0.15) is 53.2 Å². The van der Waals surface area contributed by atoms with Gasteiger partial charge in [-0.15, -0.1) is 0 Å². The van der Waals surface area contributed by atoms with Gasteiger partial charge in [0.05, 0.1) is 18.6 Å². The van der Waals surface area contributed by atoms with Crippen molar-refractivity contribution >= 4 is 0 Å². The summed E-state index contributed by atoms with van der Waals surface area (Å²) in [5, 5.41) is 3.27. The van der Waals surface area contributed by atoms with Crippen LogP contribution in [-0.2, 0) is 16.0 Å². The van der Waals surface area contributed by atoms with Crippen molar-refractivity contribution < 1.29 is 9.47 Å². The molecule has 158 valence electrons. The predicted molar refractivity (Wildman–Crippen MR) is 113 cm³/mol. The highest BCUT2D eigenvalue weighted by Gasteiger charge is 2.21. The maximum atomic E-state index is 6.09. The van der Waals surface area contributed by atoms with Crippen LogP contribution in [0.4, 0.5) is 0 Å². The molecule has 1 N–H and O–H groups in total. The number of hydrogen-bond acceptors (Lipinski definition) is 4. The van der Waals surface area contributed by atoms with Crippen molar-refractivity contribution in [3.63, 3.8) is 0 Å². The van der Waals surface area contributed by atoms with E-state index < -0.39 is 0 Å². The third kappa shape index (κ3) is 8.32. The summed E-state index contributed by atoms with van der Waals surface area (Å²) < 4.78 is 13.6. The van der Waals surface area contributed by atoms with E-state index in [1.165, 1.54) is 0 Å². The monoisotopic (exact) mass is 381 g/mol. The predicted octanol–water partition coefficient (Wildman–Crippen LogP) is 4.05. The zero-order valence-electron chi connectivity index (χ0n) is 18.9. The second kappa shape index (κ2) is 12.5. The molecule has 0 spiro atoms. The molecule has 0 radical (unpaired) electrons. The van der Waals surface area contributed by atoms with E-state index in [-0.39, 0.29) is 0 Å². The van der Waals surface area contributed by atoms with Crippen molar-refractivity contribution in [3.8, 4) is 0 Å². The molecular formula is C22H43N3O2. The highest BCUT2D eigenvalue weighted by molar-refractivity contribution is 5.06. The first kappa shape index (κ1) is 24.1. The molecule has 1 aromatic rings. The van der Waals surface area contributed by atoms with Gasteiger partial charge in [0.15, 0.2) is 0 Å². The van der Waals surface area contributed by atoms with Gasteiger partial charge in [-0.3, -0.25) is 0 Å². The Hall–Kier alpha value is -0.910. The van der Waals surface area contributed by atoms with Gasteiger partial charge < -0.3 is 19.4 Å². The molecule has 0 aromatic carbocycles. The van der Waals surface area contributed by atoms with Crippen molar-refractivity contribution in [2.75, 3.05) is 40.5 Å². The topological polar surface area (TPSA) is 48.3 Å². The summed E-state index contributed by atoms with van der Waals surface area (Å²) in [4.78, 5) is 4.71. The van der Waals surface area contributed by atoms with E-state index in [0.717, 1.165) is 38.6 Å². The minimum atomic E-state index is 0.334. The minimum absolute atomic E-state index is 0.334. The maximum Gasteiger partial charge on any atom is 0.0949 e. The average Bonchev–Trinajstić information content (AvgIpc) is 3.06. The summed E-state index contributed by atoms with van der Waals surface area (Å²) in [7, 11) is 3.78. The Balaban J connectivity index is 2.59. The maximum absolute atomic E-state index is 6.09. The quantitative estimate of drug-likeness (QED) is 0.528. The number of rotatable bonds is 14. The Bertz CT molecular complexity index is 504. The van der Waals surface area contributed by atoms with Crippen LogP contribution < -0.4 is 5.32 Å². The lowest BCUT2D eigenvalue weighted by Gasteiger charge is -2.23. The third-order valence-corrected chi connectivity index (χ3v) is 5.91. The first-order valence-corrected chi connectivity index (χ1v) is 10.5. The molecule has 0 amide bonds. The lowest BCUT2D eigenvalue weighted by molar-refractivity contribution is 0.0477. The van der Waals surface area contributed by atoms with Crippen LogP contribution in [0.25, 0.3) is 0 Å². The molecule has 1 aromatic heterocycles. The van der Waals surface area contributed by atoms with Gasteiger partial charge in [-0.05, 0) is 43.2 Å². The number of ether oxygens (including phenoxy) is 2. The van der Waals surface area contributed by atoms with E-state index in [2.05, 4.69) is 57.6 Å². The van der Waals surface area contributed by atoms with Gasteiger partial charge in [0.2, 0.25) is 0 Å². The molecule has 27 heavy (non-hydrogen) atoms. The minimum Gasteiger partial charge on any atom is -0.384 e. The number of aromatic nitrogens is 2. The number of imidazole rings is 1. The summed E-state index contributed by atoms with van der Waals surface area (Å²) in [6.45, 7) is 17.9. The lowest BCUT2D eigenvalue weighted by Crippen LogP contribution is -2.24. The smallest absolute Gasteiger partial charge is 0.0949 e. The number of nitrogens with zero attached hydrogens (tertiary/aromatic N) is 2. The number of methoxy groups -OCH3 is 1. The summed E-state index contributed by atoms with van der Waals surface area (Å²) >= 11 is 0. The molecule has 0 aliphatic rings. The van der Waals surface area contributed by atoms with Crippen molar-refractivity contribution in [1.29, 1.82) is 0 Å². The van der Waals surface area contributed by atoms with Gasteiger partial charge in [0.25, 0.3) is 0 Å². The summed E-state index contributed by atoms with van der Waals surface area (Å²) in [6.07, 6.45) is 4.20. The Labute approximate surface area is 167 Å². The highest BCUT2D eigenvalue weighted by Crippen LogP contribution is 2.25. The van der Waals surface area contributed by atoms with Gasteiger partial charge >= 0.3 is 0 Å². The van der Waals surface area contributed by atoms with Crippen LogP contribution in [0.2, 0.25) is 0 Å². The standard InChI is InChI=1S/C22H43N3O2/c1-16(2)21(14-27-13-20(6)19(5)12-26-8)22-11-25(15-24-22)10-18(4)17(3)9-23-7/h11,15-21,23H,9-10,12-14H2,1-8H3. The first-order valence-electron chi connectivity index (χ1n) is 10.5. The summed E-state index contributed by atoms with van der Waals surface area (Å²) in [5.41, 5.74) is 1.15. The van der Waals surface area contributed by atoms with E-state index in [0.29, 0.717) is 35.5 Å². The SMILES string of the molecule is CNCC(C)C(C)Cn1cnc(C(COCC(C)C(C)COC)C(C)C)c1. The molecule has 0 aliphatic carbocycles. The van der Waals surface area contributed by atoms with Crippen LogP contribution in [0.3, 0.4) is 0 Å². The summed E-state index contributed by atoms with van der Waals surface area (Å²) in [5.74, 6) is 3.08. The van der Waals surface area contributed by atoms with E-state index in [4.69, 9.17) is 14.5 Å². The Morgan fingerprint density at radius 2 is 1.63 bits per heavy atom. The van der Waals surface area contributed by atoms with Crippen molar-refractivity contribution in [2.24, 2.45) is 29.6 Å². The molecule has 0 saturated heterocycles. The number of nitrogens with one attached hydrogen (secondary N) is 1. The van der Waals surface area contributed by atoms with Crippen LogP contribution in [0.15, 0.2) is 12.5 Å². The van der Waals surface area contributed by atoms with Gasteiger partial charge in [-0.1, -0.05) is 41.5 Å². The zero-order valence-corrected chi connectivity index (χ0v) is 18.9. The lowest BCUT2D eigenvalue weighted by atomic mass is 9.93. The second-order valence-corrected chi connectivity index (χ2v) is 8.81. The Kier molecular flexibility index (Phi) is 11.2. The van der Waals surface area contributed by atoms with Crippen LogP contribution in [0.5, 0.6) is 0 Å². The van der Waals surface area contributed by atoms with Crippen molar-refractivity contribution in [1.82, 2.24) is 14.9 Å². The molecule has 0 saturated carbocycles. The fourth-order valence-electron chi connectivity index (χ4n) is 3.30. The van der Waals surface area contributed by atoms with Crippen LogP contribution in [0, 0.1) is 29.6 Å². The van der Waals surface area contributed by atoms with E-state index in [9.17, 15) is 0 Å². The molecule has 1 rings (SSSR count). The van der Waals surface area contributed by atoms with Crippen LogP contribution >= 0.6 is 0 Å². The molecule has 5 heteroatoms. The van der Waals surface area contributed by atoms with E-state index >= 15 is 0 Å². The van der Waals surface area contributed by atoms with Gasteiger partial charge in [0, 0.05) is 39.0 Å². The Morgan fingerprint density at radius 3 is 2.22 bits per heavy atom. The van der Waals surface area contributed by atoms with Crippen molar-refractivity contribution in [3.05, 3.63) is 18.2 Å². The highest BCUT2D eigenvalue weighted by atomic mass is 16.5. The molecule has 5 unspecified atom stereocenters. The van der Waals surface area contributed by atoms with Gasteiger partial charge in [-0.2, -0.15) is 0 Å². The molecule has 0 fully saturated rings. The molecule has 0 bridgehead atoms. The normalized spacial score (nSPS) is 17.7. The van der Waals surface area contributed by atoms with Gasteiger partial charge in [0.1, 0.15) is 0 Å². The van der Waals surface area contributed by atoms with E-state index in [1.807, 2.05) is 13.4 Å². The zero-order chi connectivity index (χ0) is 20.4. The first-order chi connectivity index (χ1) is 12.8. The second-order valence-electron chi connectivity index (χ2n) is 8.81. The Morgan fingerprint density at radius 1 is 0.963 bits per heavy atom. The van der Waals surface area contributed by atoms with Crippen molar-refractivity contribution in [2.45, 2.75) is 54.0 Å². The molecule has 5 nitrogen and oxygen atoms in total. The number of hydrogen-bond donors (Lipinski definition) is 1. The molecule has 5 atom stereocenters. The molecule has 1 heterocycles.